The summed E-state index contributed by atoms with van der Waals surface area (Å²) in [6, 6.07) is 22.9. The van der Waals surface area contributed by atoms with E-state index < -0.39 is 0 Å². The molecule has 4 rings (SSSR count). The third-order valence-electron chi connectivity index (χ3n) is 5.80. The maximum atomic E-state index is 12.4. The highest BCUT2D eigenvalue weighted by atomic mass is 16.5. The highest BCUT2D eigenvalue weighted by Crippen LogP contribution is 2.19. The molecule has 35 heavy (non-hydrogen) atoms. The van der Waals surface area contributed by atoms with Gasteiger partial charge in [-0.05, 0) is 73.5 Å². The fourth-order valence-electron chi connectivity index (χ4n) is 3.94. The summed E-state index contributed by atoms with van der Waals surface area (Å²) in [5.41, 5.74) is 2.73. The highest BCUT2D eigenvalue weighted by molar-refractivity contribution is 5.94. The van der Waals surface area contributed by atoms with Crippen molar-refractivity contribution in [1.29, 1.82) is 0 Å². The molecule has 3 aromatic carbocycles. The van der Waals surface area contributed by atoms with Gasteiger partial charge in [0.15, 0.2) is 0 Å². The Bertz CT molecular complexity index is 1230. The van der Waals surface area contributed by atoms with Gasteiger partial charge < -0.3 is 24.1 Å². The van der Waals surface area contributed by atoms with Crippen LogP contribution in [0.3, 0.4) is 0 Å². The number of aryl methyl sites for hydroxylation is 2. The van der Waals surface area contributed by atoms with Crippen LogP contribution in [-0.2, 0) is 13.0 Å². The number of fused-ring (bicyclic) bond motifs is 1. The zero-order chi connectivity index (χ0) is 24.5. The molecule has 1 heterocycles. The molecule has 0 aliphatic rings. The summed E-state index contributed by atoms with van der Waals surface area (Å²) in [7, 11) is 3.26. The van der Waals surface area contributed by atoms with Crippen LogP contribution in [-0.4, -0.2) is 42.8 Å². The molecule has 7 heteroatoms. The van der Waals surface area contributed by atoms with Crippen molar-refractivity contribution in [2.75, 3.05) is 27.4 Å². The number of hydrogen-bond acceptors (Lipinski definition) is 5. The van der Waals surface area contributed by atoms with Crippen LogP contribution in [0.25, 0.3) is 11.0 Å². The Kier molecular flexibility index (Phi) is 8.22. The number of amides is 1. The fourth-order valence-corrected chi connectivity index (χ4v) is 3.94. The first-order chi connectivity index (χ1) is 17.2. The number of nitrogens with zero attached hydrogens (tertiary/aromatic N) is 2. The summed E-state index contributed by atoms with van der Waals surface area (Å²) in [4.78, 5) is 17.2. The Balaban J connectivity index is 1.30. The molecule has 1 amide bonds. The second-order valence-corrected chi connectivity index (χ2v) is 8.13. The molecule has 0 saturated heterocycles. The van der Waals surface area contributed by atoms with E-state index in [4.69, 9.17) is 19.2 Å². The predicted molar refractivity (Wildman–Crippen MR) is 136 cm³/mol. The Morgan fingerprint density at radius 2 is 1.51 bits per heavy atom. The zero-order valence-electron chi connectivity index (χ0n) is 20.2. The maximum Gasteiger partial charge on any atom is 0.251 e. The lowest BCUT2D eigenvalue weighted by atomic mass is 10.2. The molecule has 0 radical (unpaired) electrons. The Morgan fingerprint density at radius 1 is 0.857 bits per heavy atom. The number of para-hydroxylation sites is 2. The van der Waals surface area contributed by atoms with Gasteiger partial charge in [-0.15, -0.1) is 0 Å². The third-order valence-corrected chi connectivity index (χ3v) is 5.80. The molecule has 0 bridgehead atoms. The number of carbonyl (C=O) groups is 1. The van der Waals surface area contributed by atoms with Gasteiger partial charge in [-0.3, -0.25) is 4.79 Å². The Hall–Kier alpha value is -4.00. The van der Waals surface area contributed by atoms with Gasteiger partial charge in [0.1, 0.15) is 23.1 Å². The number of aromatic nitrogens is 2. The van der Waals surface area contributed by atoms with Gasteiger partial charge in [-0.25, -0.2) is 4.98 Å². The van der Waals surface area contributed by atoms with Crippen molar-refractivity contribution in [3.63, 3.8) is 0 Å². The lowest BCUT2D eigenvalue weighted by molar-refractivity contribution is 0.0953. The standard InChI is InChI=1S/C28H31N3O4/c1-33-22-12-10-21(11-13-22)28(32)29-18-5-9-27-30-25-7-3-4-8-26(25)31(27)19-6-20-35-24-16-14-23(34-2)15-17-24/h3-4,7-8,10-17H,5-6,9,18-20H2,1-2H3,(H,29,32). The quantitative estimate of drug-likeness (QED) is 0.297. The van der Waals surface area contributed by atoms with E-state index in [1.165, 1.54) is 0 Å². The normalized spacial score (nSPS) is 10.8. The second-order valence-electron chi connectivity index (χ2n) is 8.13. The minimum absolute atomic E-state index is 0.0863. The minimum atomic E-state index is -0.0863. The van der Waals surface area contributed by atoms with Crippen LogP contribution in [0.5, 0.6) is 17.2 Å². The Labute approximate surface area is 205 Å². The van der Waals surface area contributed by atoms with Crippen LogP contribution in [0.15, 0.2) is 72.8 Å². The van der Waals surface area contributed by atoms with E-state index in [9.17, 15) is 4.79 Å². The van der Waals surface area contributed by atoms with Crippen molar-refractivity contribution in [2.45, 2.75) is 25.8 Å². The number of ether oxygens (including phenoxy) is 3. The molecule has 4 aromatic rings. The topological polar surface area (TPSA) is 74.6 Å². The molecule has 0 atom stereocenters. The summed E-state index contributed by atoms with van der Waals surface area (Å²) in [5.74, 6) is 3.31. The minimum Gasteiger partial charge on any atom is -0.497 e. The second kappa shape index (κ2) is 11.9. The van der Waals surface area contributed by atoms with E-state index in [2.05, 4.69) is 16.0 Å². The van der Waals surface area contributed by atoms with Gasteiger partial charge in [0.05, 0.1) is 31.9 Å². The van der Waals surface area contributed by atoms with Crippen molar-refractivity contribution in [3.05, 3.63) is 84.2 Å². The number of imidazole rings is 1. The van der Waals surface area contributed by atoms with Crippen molar-refractivity contribution >= 4 is 16.9 Å². The summed E-state index contributed by atoms with van der Waals surface area (Å²) >= 11 is 0. The maximum absolute atomic E-state index is 12.4. The van der Waals surface area contributed by atoms with E-state index in [1.807, 2.05) is 42.5 Å². The molecule has 0 spiro atoms. The summed E-state index contributed by atoms with van der Waals surface area (Å²) in [6.07, 6.45) is 2.43. The van der Waals surface area contributed by atoms with Gasteiger partial charge in [-0.2, -0.15) is 0 Å². The van der Waals surface area contributed by atoms with Crippen LogP contribution in [0.4, 0.5) is 0 Å². The number of hydrogen-bond donors (Lipinski definition) is 1. The van der Waals surface area contributed by atoms with E-state index >= 15 is 0 Å². The van der Waals surface area contributed by atoms with Crippen LogP contribution in [0.1, 0.15) is 29.0 Å². The number of methoxy groups -OCH3 is 2. The SMILES string of the molecule is COc1ccc(OCCCn2c(CCCNC(=O)c3ccc(OC)cc3)nc3ccccc32)cc1. The third kappa shape index (κ3) is 6.32. The molecular weight excluding hydrogens is 442 g/mol. The van der Waals surface area contributed by atoms with Gasteiger partial charge in [0, 0.05) is 25.1 Å². The van der Waals surface area contributed by atoms with E-state index in [0.29, 0.717) is 18.7 Å². The van der Waals surface area contributed by atoms with Crippen molar-refractivity contribution in [3.8, 4) is 17.2 Å². The first-order valence-corrected chi connectivity index (χ1v) is 11.8. The largest absolute Gasteiger partial charge is 0.497 e. The van der Waals surface area contributed by atoms with Crippen LogP contribution >= 0.6 is 0 Å². The molecule has 0 aliphatic heterocycles. The van der Waals surface area contributed by atoms with Crippen molar-refractivity contribution in [1.82, 2.24) is 14.9 Å². The zero-order valence-corrected chi connectivity index (χ0v) is 20.2. The van der Waals surface area contributed by atoms with Gasteiger partial charge in [0.2, 0.25) is 0 Å². The van der Waals surface area contributed by atoms with Crippen molar-refractivity contribution < 1.29 is 19.0 Å². The van der Waals surface area contributed by atoms with Crippen LogP contribution in [0.2, 0.25) is 0 Å². The molecule has 1 aromatic heterocycles. The molecule has 0 unspecified atom stereocenters. The number of nitrogens with one attached hydrogen (secondary N) is 1. The molecule has 1 N–H and O–H groups in total. The smallest absolute Gasteiger partial charge is 0.251 e. The number of rotatable bonds is 12. The average Bonchev–Trinajstić information content (AvgIpc) is 3.26. The fraction of sp³-hybridized carbons (Fsp3) is 0.286. The first-order valence-electron chi connectivity index (χ1n) is 11.8. The molecule has 7 nitrogen and oxygen atoms in total. The number of benzene rings is 3. The summed E-state index contributed by atoms with van der Waals surface area (Å²) < 4.78 is 18.5. The van der Waals surface area contributed by atoms with Gasteiger partial charge >= 0.3 is 0 Å². The molecule has 0 aliphatic carbocycles. The van der Waals surface area contributed by atoms with Crippen molar-refractivity contribution in [2.24, 2.45) is 0 Å². The molecule has 0 saturated carbocycles. The average molecular weight is 474 g/mol. The monoisotopic (exact) mass is 473 g/mol. The van der Waals surface area contributed by atoms with E-state index in [-0.39, 0.29) is 5.91 Å². The Morgan fingerprint density at radius 3 is 2.23 bits per heavy atom. The van der Waals surface area contributed by atoms with Gasteiger partial charge in [-0.1, -0.05) is 12.1 Å². The predicted octanol–water partition coefficient (Wildman–Crippen LogP) is 4.89. The molecule has 182 valence electrons. The van der Waals surface area contributed by atoms with Gasteiger partial charge in [0.25, 0.3) is 5.91 Å². The summed E-state index contributed by atoms with van der Waals surface area (Å²) in [6.45, 7) is 2.00. The highest BCUT2D eigenvalue weighted by Gasteiger charge is 2.11. The molecule has 0 fully saturated rings. The van der Waals surface area contributed by atoms with Crippen LogP contribution in [0, 0.1) is 0 Å². The first kappa shape index (κ1) is 24.1. The van der Waals surface area contributed by atoms with E-state index in [0.717, 1.165) is 59.9 Å². The summed E-state index contributed by atoms with van der Waals surface area (Å²) in [5, 5.41) is 2.99. The molecular formula is C28H31N3O4. The lowest BCUT2D eigenvalue weighted by Crippen LogP contribution is -2.25. The number of carbonyl (C=O) groups excluding carboxylic acids is 1. The lowest BCUT2D eigenvalue weighted by Gasteiger charge is -2.11. The van der Waals surface area contributed by atoms with E-state index in [1.54, 1.807) is 38.5 Å². The van der Waals surface area contributed by atoms with Crippen LogP contribution < -0.4 is 19.5 Å².